The van der Waals surface area contributed by atoms with Crippen LogP contribution in [0.3, 0.4) is 0 Å². The van der Waals surface area contributed by atoms with Gasteiger partial charge in [0.05, 0.1) is 23.3 Å². The number of hydrogen-bond donors (Lipinski definition) is 2. The smallest absolute Gasteiger partial charge is 0.262 e. The molecule has 0 fully saturated rings. The van der Waals surface area contributed by atoms with Crippen LogP contribution in [0.4, 0.5) is 11.4 Å². The van der Waals surface area contributed by atoms with E-state index in [4.69, 9.17) is 27.9 Å². The monoisotopic (exact) mass is 567 g/mol. The van der Waals surface area contributed by atoms with Gasteiger partial charge in [0.1, 0.15) is 5.75 Å². The molecule has 0 bridgehead atoms. The SMILES string of the molecule is COc1cc(NC(=O)c2ccccc2Cl)ccc1C(=O)N1CCCC(CCNC(C)(C)C)c2cc(Cl)ccc21. The van der Waals surface area contributed by atoms with Crippen LogP contribution in [0.15, 0.2) is 60.7 Å². The van der Waals surface area contributed by atoms with Gasteiger partial charge in [-0.2, -0.15) is 0 Å². The predicted molar refractivity (Wildman–Crippen MR) is 160 cm³/mol. The summed E-state index contributed by atoms with van der Waals surface area (Å²) in [5.74, 6) is 0.165. The molecule has 3 aromatic carbocycles. The molecule has 0 radical (unpaired) electrons. The Morgan fingerprint density at radius 1 is 1.03 bits per heavy atom. The fourth-order valence-corrected chi connectivity index (χ4v) is 5.34. The highest BCUT2D eigenvalue weighted by molar-refractivity contribution is 6.34. The summed E-state index contributed by atoms with van der Waals surface area (Å²) in [7, 11) is 1.51. The van der Waals surface area contributed by atoms with E-state index < -0.39 is 0 Å². The molecular weight excluding hydrogens is 533 g/mol. The molecule has 39 heavy (non-hydrogen) atoms. The molecule has 4 rings (SSSR count). The van der Waals surface area contributed by atoms with Crippen molar-refractivity contribution in [1.29, 1.82) is 0 Å². The Morgan fingerprint density at radius 3 is 2.51 bits per heavy atom. The van der Waals surface area contributed by atoms with Crippen LogP contribution in [0, 0.1) is 0 Å². The maximum Gasteiger partial charge on any atom is 0.262 e. The molecule has 0 aromatic heterocycles. The zero-order valence-electron chi connectivity index (χ0n) is 22.8. The second-order valence-electron chi connectivity index (χ2n) is 10.8. The molecule has 206 valence electrons. The first kappa shape index (κ1) is 28.9. The van der Waals surface area contributed by atoms with Crippen LogP contribution in [0.2, 0.25) is 10.0 Å². The third kappa shape index (κ3) is 7.13. The van der Waals surface area contributed by atoms with E-state index in [2.05, 4.69) is 31.4 Å². The normalized spacial score (nSPS) is 15.3. The van der Waals surface area contributed by atoms with Gasteiger partial charge >= 0.3 is 0 Å². The summed E-state index contributed by atoms with van der Waals surface area (Å²) in [5, 5.41) is 7.44. The van der Waals surface area contributed by atoms with Gasteiger partial charge in [0.25, 0.3) is 11.8 Å². The van der Waals surface area contributed by atoms with Gasteiger partial charge in [0.15, 0.2) is 0 Å². The zero-order chi connectivity index (χ0) is 28.2. The molecule has 1 unspecified atom stereocenters. The third-order valence-electron chi connectivity index (χ3n) is 6.86. The van der Waals surface area contributed by atoms with E-state index in [-0.39, 0.29) is 23.3 Å². The molecule has 2 amide bonds. The maximum absolute atomic E-state index is 13.9. The van der Waals surface area contributed by atoms with Crippen LogP contribution < -0.4 is 20.3 Å². The number of halogens is 2. The Labute approximate surface area is 240 Å². The number of nitrogens with one attached hydrogen (secondary N) is 2. The number of fused-ring (bicyclic) bond motifs is 1. The number of ether oxygens (including phenoxy) is 1. The number of amides is 2. The van der Waals surface area contributed by atoms with Crippen LogP contribution in [-0.4, -0.2) is 37.6 Å². The molecule has 0 aliphatic carbocycles. The minimum atomic E-state index is -0.341. The molecule has 0 saturated heterocycles. The Balaban J connectivity index is 1.59. The first-order valence-electron chi connectivity index (χ1n) is 13.2. The predicted octanol–water partition coefficient (Wildman–Crippen LogP) is 7.56. The van der Waals surface area contributed by atoms with E-state index in [0.717, 1.165) is 37.1 Å². The molecule has 1 aliphatic heterocycles. The molecule has 2 N–H and O–H groups in total. The molecule has 3 aromatic rings. The number of hydrogen-bond acceptors (Lipinski definition) is 4. The van der Waals surface area contributed by atoms with Crippen LogP contribution in [0.1, 0.15) is 72.2 Å². The topological polar surface area (TPSA) is 70.7 Å². The zero-order valence-corrected chi connectivity index (χ0v) is 24.3. The van der Waals surface area contributed by atoms with Crippen molar-refractivity contribution in [3.8, 4) is 5.75 Å². The van der Waals surface area contributed by atoms with Crippen molar-refractivity contribution in [1.82, 2.24) is 5.32 Å². The Kier molecular flexibility index (Phi) is 9.21. The summed E-state index contributed by atoms with van der Waals surface area (Å²) in [6.07, 6.45) is 2.79. The summed E-state index contributed by atoms with van der Waals surface area (Å²) in [5.41, 5.74) is 3.29. The summed E-state index contributed by atoms with van der Waals surface area (Å²) < 4.78 is 5.60. The molecule has 1 heterocycles. The molecule has 1 aliphatic rings. The maximum atomic E-state index is 13.9. The van der Waals surface area contributed by atoms with Crippen LogP contribution in [-0.2, 0) is 0 Å². The fraction of sp³-hybridized carbons (Fsp3) is 0.355. The van der Waals surface area contributed by atoms with Crippen molar-refractivity contribution >= 4 is 46.4 Å². The summed E-state index contributed by atoms with van der Waals surface area (Å²) >= 11 is 12.6. The fourth-order valence-electron chi connectivity index (χ4n) is 4.94. The van der Waals surface area contributed by atoms with Crippen molar-refractivity contribution in [2.24, 2.45) is 0 Å². The molecule has 8 heteroatoms. The number of carbonyl (C=O) groups excluding carboxylic acids is 2. The minimum absolute atomic E-state index is 0.0411. The van der Waals surface area contributed by atoms with Crippen LogP contribution in [0.5, 0.6) is 5.75 Å². The van der Waals surface area contributed by atoms with Gasteiger partial charge < -0.3 is 20.3 Å². The summed E-state index contributed by atoms with van der Waals surface area (Å²) in [4.78, 5) is 28.5. The average molecular weight is 569 g/mol. The number of benzene rings is 3. The van der Waals surface area contributed by atoms with Crippen molar-refractivity contribution in [2.75, 3.05) is 30.4 Å². The van der Waals surface area contributed by atoms with E-state index in [0.29, 0.717) is 39.2 Å². The first-order valence-corrected chi connectivity index (χ1v) is 13.9. The lowest BCUT2D eigenvalue weighted by atomic mass is 9.90. The van der Waals surface area contributed by atoms with Gasteiger partial charge in [-0.15, -0.1) is 0 Å². The van der Waals surface area contributed by atoms with E-state index >= 15 is 0 Å². The Hall–Kier alpha value is -3.06. The first-order chi connectivity index (χ1) is 18.6. The van der Waals surface area contributed by atoms with Crippen molar-refractivity contribution in [3.05, 3.63) is 87.4 Å². The van der Waals surface area contributed by atoms with Gasteiger partial charge in [0, 0.05) is 34.5 Å². The van der Waals surface area contributed by atoms with Crippen molar-refractivity contribution in [2.45, 2.75) is 51.5 Å². The standard InChI is InChI=1S/C31H35Cl2N3O3/c1-31(2,3)34-16-15-20-8-7-17-36(27-14-11-21(32)18-25(20)27)30(38)24-13-12-22(19-28(24)39-4)35-29(37)23-9-5-6-10-26(23)33/h5-6,9-14,18-20,34H,7-8,15-17H2,1-4H3,(H,35,37). The lowest BCUT2D eigenvalue weighted by molar-refractivity contribution is 0.0983. The van der Waals surface area contributed by atoms with Crippen molar-refractivity contribution in [3.63, 3.8) is 0 Å². The molecule has 0 saturated carbocycles. The van der Waals surface area contributed by atoms with Crippen LogP contribution >= 0.6 is 23.2 Å². The van der Waals surface area contributed by atoms with E-state index in [1.807, 2.05) is 23.1 Å². The second-order valence-corrected chi connectivity index (χ2v) is 11.7. The molecule has 0 spiro atoms. The van der Waals surface area contributed by atoms with Crippen molar-refractivity contribution < 1.29 is 14.3 Å². The van der Waals surface area contributed by atoms with Gasteiger partial charge in [-0.25, -0.2) is 0 Å². The van der Waals surface area contributed by atoms with E-state index in [1.54, 1.807) is 42.5 Å². The largest absolute Gasteiger partial charge is 0.496 e. The van der Waals surface area contributed by atoms with Gasteiger partial charge in [-0.05, 0) is 101 Å². The highest BCUT2D eigenvalue weighted by Crippen LogP contribution is 2.39. The number of anilines is 2. The van der Waals surface area contributed by atoms with Gasteiger partial charge in [-0.1, -0.05) is 35.3 Å². The number of rotatable bonds is 7. The summed E-state index contributed by atoms with van der Waals surface area (Å²) in [6, 6.07) is 17.7. The average Bonchev–Trinajstić information content (AvgIpc) is 3.07. The molecular formula is C31H35Cl2N3O3. The molecule has 6 nitrogen and oxygen atoms in total. The van der Waals surface area contributed by atoms with E-state index in [9.17, 15) is 9.59 Å². The number of nitrogens with zero attached hydrogens (tertiary/aromatic N) is 1. The summed E-state index contributed by atoms with van der Waals surface area (Å²) in [6.45, 7) is 7.94. The third-order valence-corrected chi connectivity index (χ3v) is 7.42. The van der Waals surface area contributed by atoms with Gasteiger partial charge in [0.2, 0.25) is 0 Å². The minimum Gasteiger partial charge on any atom is -0.496 e. The molecule has 1 atom stereocenters. The quantitative estimate of drug-likeness (QED) is 0.309. The Morgan fingerprint density at radius 2 is 1.79 bits per heavy atom. The van der Waals surface area contributed by atoms with E-state index in [1.165, 1.54) is 7.11 Å². The number of carbonyl (C=O) groups is 2. The second kappa shape index (κ2) is 12.4. The lowest BCUT2D eigenvalue weighted by Gasteiger charge is -2.26. The highest BCUT2D eigenvalue weighted by Gasteiger charge is 2.29. The number of methoxy groups -OCH3 is 1. The Bertz CT molecular complexity index is 1350. The van der Waals surface area contributed by atoms with Gasteiger partial charge in [-0.3, -0.25) is 9.59 Å². The lowest BCUT2D eigenvalue weighted by Crippen LogP contribution is -2.36. The van der Waals surface area contributed by atoms with Crippen LogP contribution in [0.25, 0.3) is 0 Å². The highest BCUT2D eigenvalue weighted by atomic mass is 35.5.